The van der Waals surface area contributed by atoms with Gasteiger partial charge in [0.05, 0.1) is 4.92 Å². The van der Waals surface area contributed by atoms with E-state index in [2.05, 4.69) is 27.9 Å². The number of nitrogens with one attached hydrogen (secondary N) is 1. The largest absolute Gasteiger partial charge is 0.378 e. The first-order valence-corrected chi connectivity index (χ1v) is 7.01. The van der Waals surface area contributed by atoms with Gasteiger partial charge in [0.25, 0.3) is 0 Å². The van der Waals surface area contributed by atoms with Crippen molar-refractivity contribution in [3.63, 3.8) is 0 Å². The van der Waals surface area contributed by atoms with Gasteiger partial charge in [0.15, 0.2) is 0 Å². The Morgan fingerprint density at radius 3 is 2.50 bits per heavy atom. The molecule has 4 nitrogen and oxygen atoms in total. The molecule has 0 radical (unpaired) electrons. The van der Waals surface area contributed by atoms with Crippen molar-refractivity contribution in [2.75, 3.05) is 5.32 Å². The summed E-state index contributed by atoms with van der Waals surface area (Å²) in [5.41, 5.74) is 1.05. The van der Waals surface area contributed by atoms with Crippen LogP contribution >= 0.6 is 22.6 Å². The van der Waals surface area contributed by atoms with Gasteiger partial charge in [0.1, 0.15) is 0 Å². The molecular weight excluding hydrogens is 374 g/mol. The van der Waals surface area contributed by atoms with E-state index in [1.54, 1.807) is 0 Å². The van der Waals surface area contributed by atoms with E-state index in [0.29, 0.717) is 5.69 Å². The lowest BCUT2D eigenvalue weighted by molar-refractivity contribution is -0.387. The molecule has 20 heavy (non-hydrogen) atoms. The summed E-state index contributed by atoms with van der Waals surface area (Å²) in [6.45, 7) is 1.94. The molecule has 0 saturated carbocycles. The molecule has 0 saturated heterocycles. The Kier molecular flexibility index (Phi) is 4.53. The molecule has 2 aromatic rings. The van der Waals surface area contributed by atoms with Gasteiger partial charge in [-0.3, -0.25) is 10.1 Å². The number of benzene rings is 2. The third-order valence-corrected chi connectivity index (χ3v) is 3.62. The summed E-state index contributed by atoms with van der Waals surface area (Å²) in [6.07, 6.45) is 0. The zero-order valence-corrected chi connectivity index (χ0v) is 12.8. The van der Waals surface area contributed by atoms with Gasteiger partial charge in [-0.05, 0) is 59.3 Å². The molecule has 2 aromatic carbocycles. The summed E-state index contributed by atoms with van der Waals surface area (Å²) in [5, 5.41) is 13.8. The van der Waals surface area contributed by atoms with E-state index >= 15 is 0 Å². The molecule has 1 N–H and O–H groups in total. The first-order chi connectivity index (χ1) is 9.47. The Balaban J connectivity index is 2.19. The van der Waals surface area contributed by atoms with E-state index in [1.807, 2.05) is 31.2 Å². The van der Waals surface area contributed by atoms with E-state index in [9.17, 15) is 14.5 Å². The summed E-state index contributed by atoms with van der Waals surface area (Å²) < 4.78 is 14.4. The van der Waals surface area contributed by atoms with E-state index < -0.39 is 16.4 Å². The molecule has 6 heteroatoms. The number of hydrogen-bond donors (Lipinski definition) is 1. The Morgan fingerprint density at radius 2 is 1.90 bits per heavy atom. The first-order valence-electron chi connectivity index (χ1n) is 5.93. The van der Waals surface area contributed by atoms with Crippen molar-refractivity contribution in [2.24, 2.45) is 0 Å². The van der Waals surface area contributed by atoms with Crippen LogP contribution in [0.5, 0.6) is 0 Å². The van der Waals surface area contributed by atoms with Gasteiger partial charge in [-0.25, -0.2) is 0 Å². The summed E-state index contributed by atoms with van der Waals surface area (Å²) >= 11 is 2.22. The van der Waals surface area contributed by atoms with Crippen molar-refractivity contribution >= 4 is 34.0 Å². The first kappa shape index (κ1) is 14.7. The molecule has 0 aromatic heterocycles. The maximum Gasteiger partial charge on any atom is 0.306 e. The monoisotopic (exact) mass is 386 g/mol. The van der Waals surface area contributed by atoms with E-state index in [1.165, 1.54) is 12.1 Å². The van der Waals surface area contributed by atoms with Crippen LogP contribution in [0.1, 0.15) is 18.5 Å². The minimum absolute atomic E-state index is 0.0305. The summed E-state index contributed by atoms with van der Waals surface area (Å²) in [5.74, 6) is -0.831. The molecule has 0 bridgehead atoms. The molecule has 0 fully saturated rings. The highest BCUT2D eigenvalue weighted by molar-refractivity contribution is 14.1. The fraction of sp³-hybridized carbons (Fsp3) is 0.143. The van der Waals surface area contributed by atoms with Crippen LogP contribution in [0.15, 0.2) is 42.5 Å². The minimum atomic E-state index is -0.831. The molecule has 1 unspecified atom stereocenters. The SMILES string of the molecule is CC(Nc1ccc(F)c([N+](=O)[O-])c1)c1ccc(I)cc1. The normalized spacial score (nSPS) is 11.9. The molecule has 2 rings (SSSR count). The minimum Gasteiger partial charge on any atom is -0.378 e. The van der Waals surface area contributed by atoms with E-state index in [-0.39, 0.29) is 6.04 Å². The van der Waals surface area contributed by atoms with Gasteiger partial charge in [-0.15, -0.1) is 0 Å². The summed E-state index contributed by atoms with van der Waals surface area (Å²) in [4.78, 5) is 9.98. The van der Waals surface area contributed by atoms with Gasteiger partial charge in [-0.2, -0.15) is 4.39 Å². The predicted octanol–water partition coefficient (Wildman–Crippen LogP) is 4.51. The summed E-state index contributed by atoms with van der Waals surface area (Å²) in [6, 6.07) is 11.7. The van der Waals surface area contributed by atoms with Crippen molar-refractivity contribution in [1.82, 2.24) is 0 Å². The molecule has 0 aliphatic heterocycles. The van der Waals surface area contributed by atoms with Crippen LogP contribution in [0, 0.1) is 19.5 Å². The van der Waals surface area contributed by atoms with Crippen LogP contribution < -0.4 is 5.32 Å². The number of nitro benzene ring substituents is 1. The maximum absolute atomic E-state index is 13.3. The molecule has 0 amide bonds. The van der Waals surface area contributed by atoms with Gasteiger partial charge in [0, 0.05) is 21.4 Å². The number of nitro groups is 1. The maximum atomic E-state index is 13.3. The molecular formula is C14H12FIN2O2. The number of nitrogens with zero attached hydrogens (tertiary/aromatic N) is 1. The zero-order valence-electron chi connectivity index (χ0n) is 10.6. The molecule has 0 heterocycles. The lowest BCUT2D eigenvalue weighted by Gasteiger charge is -2.15. The Hall–Kier alpha value is -1.70. The fourth-order valence-corrected chi connectivity index (χ4v) is 2.19. The second kappa shape index (κ2) is 6.17. The van der Waals surface area contributed by atoms with Crippen molar-refractivity contribution in [2.45, 2.75) is 13.0 Å². The Morgan fingerprint density at radius 1 is 1.25 bits per heavy atom. The van der Waals surface area contributed by atoms with Gasteiger partial charge < -0.3 is 5.32 Å². The standard InChI is InChI=1S/C14H12FIN2O2/c1-9(10-2-4-11(16)5-3-10)17-12-6-7-13(15)14(8-12)18(19)20/h2-9,17H,1H3. The van der Waals surface area contributed by atoms with Gasteiger partial charge in [0.2, 0.25) is 5.82 Å². The van der Waals surface area contributed by atoms with Gasteiger partial charge >= 0.3 is 5.69 Å². The second-order valence-corrected chi connectivity index (χ2v) is 5.59. The Labute approximate surface area is 129 Å². The quantitative estimate of drug-likeness (QED) is 0.478. The van der Waals surface area contributed by atoms with Crippen LogP contribution in [-0.2, 0) is 0 Å². The zero-order chi connectivity index (χ0) is 14.7. The molecule has 0 aliphatic carbocycles. The highest BCUT2D eigenvalue weighted by Crippen LogP contribution is 2.25. The predicted molar refractivity (Wildman–Crippen MR) is 84.3 cm³/mol. The number of hydrogen-bond acceptors (Lipinski definition) is 3. The van der Waals surface area contributed by atoms with Crippen LogP contribution in [0.2, 0.25) is 0 Å². The third-order valence-electron chi connectivity index (χ3n) is 2.90. The Bertz CT molecular complexity index is 632. The number of halogens is 2. The molecule has 104 valence electrons. The molecule has 0 spiro atoms. The average Bonchev–Trinajstić information content (AvgIpc) is 2.41. The topological polar surface area (TPSA) is 55.2 Å². The van der Waals surface area contributed by atoms with Crippen LogP contribution in [0.25, 0.3) is 0 Å². The van der Waals surface area contributed by atoms with Gasteiger partial charge in [-0.1, -0.05) is 12.1 Å². The second-order valence-electron chi connectivity index (χ2n) is 4.34. The smallest absolute Gasteiger partial charge is 0.306 e. The molecule has 0 aliphatic rings. The van der Waals surface area contributed by atoms with Crippen LogP contribution in [0.3, 0.4) is 0 Å². The fourth-order valence-electron chi connectivity index (χ4n) is 1.83. The van der Waals surface area contributed by atoms with Crippen molar-refractivity contribution in [3.8, 4) is 0 Å². The highest BCUT2D eigenvalue weighted by Gasteiger charge is 2.15. The van der Waals surface area contributed by atoms with Crippen molar-refractivity contribution < 1.29 is 9.31 Å². The van der Waals surface area contributed by atoms with E-state index in [4.69, 9.17) is 0 Å². The van der Waals surface area contributed by atoms with Crippen molar-refractivity contribution in [1.29, 1.82) is 0 Å². The highest BCUT2D eigenvalue weighted by atomic mass is 127. The number of rotatable bonds is 4. The molecule has 1 atom stereocenters. The van der Waals surface area contributed by atoms with E-state index in [0.717, 1.165) is 15.2 Å². The van der Waals surface area contributed by atoms with Crippen LogP contribution in [-0.4, -0.2) is 4.92 Å². The van der Waals surface area contributed by atoms with Crippen LogP contribution in [0.4, 0.5) is 15.8 Å². The lowest BCUT2D eigenvalue weighted by atomic mass is 10.1. The third kappa shape index (κ3) is 3.44. The van der Waals surface area contributed by atoms with Crippen molar-refractivity contribution in [3.05, 3.63) is 67.5 Å². The average molecular weight is 386 g/mol. The number of anilines is 1. The summed E-state index contributed by atoms with van der Waals surface area (Å²) in [7, 11) is 0. The lowest BCUT2D eigenvalue weighted by Crippen LogP contribution is -2.07.